The topological polar surface area (TPSA) is 77.0 Å². The summed E-state index contributed by atoms with van der Waals surface area (Å²) < 4.78 is 0. The molecule has 0 radical (unpaired) electrons. The van der Waals surface area contributed by atoms with Crippen molar-refractivity contribution in [1.29, 1.82) is 0 Å². The molecule has 0 aromatic rings. The zero-order valence-corrected chi connectivity index (χ0v) is 6.19. The summed E-state index contributed by atoms with van der Waals surface area (Å²) in [6.45, 7) is 0.517. The van der Waals surface area contributed by atoms with Gasteiger partial charge in [0.05, 0.1) is 12.7 Å². The quantitative estimate of drug-likeness (QED) is 0.453. The number of carboxylic acids is 1. The SMILES string of the molecule is O=C(O)C1NNC2=CN=CCN21. The van der Waals surface area contributed by atoms with Gasteiger partial charge in [0.15, 0.2) is 6.17 Å². The standard InChI is InChI=1S/C6H8N4O2/c11-6(12)5-9-8-4-3-7-1-2-10(4)5/h1,3,5,8-9H,2H2,(H,11,12). The number of hydrogen-bond acceptors (Lipinski definition) is 5. The summed E-state index contributed by atoms with van der Waals surface area (Å²) in [7, 11) is 0. The predicted octanol–water partition coefficient (Wildman–Crippen LogP) is -1.31. The van der Waals surface area contributed by atoms with Crippen molar-refractivity contribution < 1.29 is 9.90 Å². The smallest absolute Gasteiger partial charge is 0.343 e. The van der Waals surface area contributed by atoms with E-state index in [0.29, 0.717) is 12.4 Å². The van der Waals surface area contributed by atoms with Crippen molar-refractivity contribution in [1.82, 2.24) is 15.8 Å². The molecule has 0 aromatic heterocycles. The number of hydrazine groups is 1. The average Bonchev–Trinajstić information content (AvgIpc) is 2.47. The molecule has 2 heterocycles. The van der Waals surface area contributed by atoms with Gasteiger partial charge in [0.1, 0.15) is 5.82 Å². The molecule has 0 saturated carbocycles. The molecule has 64 valence electrons. The Morgan fingerprint density at radius 3 is 3.42 bits per heavy atom. The van der Waals surface area contributed by atoms with Crippen LogP contribution in [-0.2, 0) is 4.79 Å². The molecule has 12 heavy (non-hydrogen) atoms. The van der Waals surface area contributed by atoms with E-state index in [2.05, 4.69) is 15.8 Å². The number of fused-ring (bicyclic) bond motifs is 1. The zero-order chi connectivity index (χ0) is 8.55. The molecule has 0 spiro atoms. The highest BCUT2D eigenvalue weighted by atomic mass is 16.4. The lowest BCUT2D eigenvalue weighted by molar-refractivity contribution is -0.142. The fraction of sp³-hybridized carbons (Fsp3) is 0.333. The number of rotatable bonds is 1. The van der Waals surface area contributed by atoms with E-state index in [-0.39, 0.29) is 0 Å². The summed E-state index contributed by atoms with van der Waals surface area (Å²) in [5, 5.41) is 8.74. The van der Waals surface area contributed by atoms with Crippen LogP contribution >= 0.6 is 0 Å². The number of hydrogen-bond donors (Lipinski definition) is 3. The van der Waals surface area contributed by atoms with Crippen LogP contribution in [0.2, 0.25) is 0 Å². The number of carbonyl (C=O) groups is 1. The number of aliphatic imine (C=N–C) groups is 1. The molecule has 1 saturated heterocycles. The molecule has 6 nitrogen and oxygen atoms in total. The summed E-state index contributed by atoms with van der Waals surface area (Å²) in [5.41, 5.74) is 5.36. The predicted molar refractivity (Wildman–Crippen MR) is 41.0 cm³/mol. The molecule has 1 fully saturated rings. The Hall–Kier alpha value is -1.56. The van der Waals surface area contributed by atoms with Crippen LogP contribution in [0.1, 0.15) is 0 Å². The molecule has 2 aliphatic rings. The first-order valence-electron chi connectivity index (χ1n) is 3.52. The third kappa shape index (κ3) is 0.928. The van der Waals surface area contributed by atoms with Gasteiger partial charge < -0.3 is 15.4 Å². The van der Waals surface area contributed by atoms with Crippen molar-refractivity contribution in [3.63, 3.8) is 0 Å². The van der Waals surface area contributed by atoms with E-state index in [0.717, 1.165) is 0 Å². The first-order valence-corrected chi connectivity index (χ1v) is 3.52. The molecule has 1 unspecified atom stereocenters. The molecule has 2 aliphatic heterocycles. The minimum Gasteiger partial charge on any atom is -0.479 e. The van der Waals surface area contributed by atoms with Gasteiger partial charge in [-0.1, -0.05) is 0 Å². The minimum absolute atomic E-state index is 0.517. The van der Waals surface area contributed by atoms with E-state index in [1.54, 1.807) is 17.3 Å². The molecular formula is C6H8N4O2. The van der Waals surface area contributed by atoms with Gasteiger partial charge in [-0.25, -0.2) is 10.2 Å². The van der Waals surface area contributed by atoms with Crippen LogP contribution in [0.4, 0.5) is 0 Å². The lowest BCUT2D eigenvalue weighted by Gasteiger charge is -2.21. The number of nitrogens with zero attached hydrogens (tertiary/aromatic N) is 2. The highest BCUT2D eigenvalue weighted by molar-refractivity contribution is 5.75. The van der Waals surface area contributed by atoms with E-state index < -0.39 is 12.1 Å². The normalized spacial score (nSPS) is 26.2. The summed E-state index contributed by atoms with van der Waals surface area (Å²) in [5.74, 6) is -0.203. The second kappa shape index (κ2) is 2.49. The van der Waals surface area contributed by atoms with E-state index in [1.807, 2.05) is 0 Å². The summed E-state index contributed by atoms with van der Waals surface area (Å²) in [6.07, 6.45) is 2.55. The van der Waals surface area contributed by atoms with Crippen LogP contribution in [0.5, 0.6) is 0 Å². The lowest BCUT2D eigenvalue weighted by atomic mass is 10.4. The van der Waals surface area contributed by atoms with Gasteiger partial charge in [0.25, 0.3) is 0 Å². The molecule has 1 atom stereocenters. The van der Waals surface area contributed by atoms with Gasteiger partial charge in [-0.3, -0.25) is 4.99 Å². The number of aliphatic carboxylic acids is 1. The maximum Gasteiger partial charge on any atom is 0.343 e. The van der Waals surface area contributed by atoms with E-state index in [1.165, 1.54) is 0 Å². The Morgan fingerprint density at radius 1 is 1.83 bits per heavy atom. The van der Waals surface area contributed by atoms with Crippen molar-refractivity contribution in [2.24, 2.45) is 4.99 Å². The highest BCUT2D eigenvalue weighted by Gasteiger charge is 2.33. The lowest BCUT2D eigenvalue weighted by Crippen LogP contribution is -2.44. The Morgan fingerprint density at radius 2 is 2.67 bits per heavy atom. The molecule has 0 bridgehead atoms. The van der Waals surface area contributed by atoms with Gasteiger partial charge in [-0.2, -0.15) is 0 Å². The summed E-state index contributed by atoms with van der Waals surface area (Å²) in [6, 6.07) is 0. The van der Waals surface area contributed by atoms with Crippen LogP contribution in [0.25, 0.3) is 0 Å². The highest BCUT2D eigenvalue weighted by Crippen LogP contribution is 2.12. The molecular weight excluding hydrogens is 160 g/mol. The van der Waals surface area contributed by atoms with E-state index in [9.17, 15) is 4.79 Å². The maximum atomic E-state index is 10.6. The summed E-state index contributed by atoms with van der Waals surface area (Å²) in [4.78, 5) is 16.2. The number of nitrogens with one attached hydrogen (secondary N) is 2. The van der Waals surface area contributed by atoms with Crippen LogP contribution in [0.3, 0.4) is 0 Å². The second-order valence-electron chi connectivity index (χ2n) is 2.51. The van der Waals surface area contributed by atoms with Gasteiger partial charge in [0.2, 0.25) is 0 Å². The first kappa shape index (κ1) is 7.11. The third-order valence-corrected chi connectivity index (χ3v) is 1.77. The van der Waals surface area contributed by atoms with Crippen molar-refractivity contribution in [3.8, 4) is 0 Å². The zero-order valence-electron chi connectivity index (χ0n) is 6.19. The Labute approximate surface area is 68.5 Å². The second-order valence-corrected chi connectivity index (χ2v) is 2.51. The Bertz CT molecular complexity index is 273. The van der Waals surface area contributed by atoms with Crippen molar-refractivity contribution in [2.75, 3.05) is 6.54 Å². The molecule has 0 amide bonds. The summed E-state index contributed by atoms with van der Waals surface area (Å²) >= 11 is 0. The van der Waals surface area contributed by atoms with Crippen LogP contribution < -0.4 is 10.9 Å². The number of carboxylic acid groups (broad SMARTS) is 1. The molecule has 0 aliphatic carbocycles. The molecule has 2 rings (SSSR count). The molecule has 0 aromatic carbocycles. The molecule has 3 N–H and O–H groups in total. The Kier molecular flexibility index (Phi) is 1.47. The monoisotopic (exact) mass is 168 g/mol. The third-order valence-electron chi connectivity index (χ3n) is 1.77. The molecule has 6 heteroatoms. The van der Waals surface area contributed by atoms with Gasteiger partial charge in [-0.05, 0) is 0 Å². The van der Waals surface area contributed by atoms with Crippen molar-refractivity contribution in [2.45, 2.75) is 6.17 Å². The Balaban J connectivity index is 2.20. The van der Waals surface area contributed by atoms with Crippen LogP contribution in [0, 0.1) is 0 Å². The van der Waals surface area contributed by atoms with Crippen molar-refractivity contribution in [3.05, 3.63) is 12.0 Å². The maximum absolute atomic E-state index is 10.6. The minimum atomic E-state index is -0.902. The van der Waals surface area contributed by atoms with Crippen LogP contribution in [0.15, 0.2) is 17.0 Å². The van der Waals surface area contributed by atoms with E-state index >= 15 is 0 Å². The van der Waals surface area contributed by atoms with Gasteiger partial charge in [-0.15, -0.1) is 0 Å². The fourth-order valence-electron chi connectivity index (χ4n) is 1.19. The van der Waals surface area contributed by atoms with Gasteiger partial charge >= 0.3 is 5.97 Å². The van der Waals surface area contributed by atoms with Crippen LogP contribution in [-0.4, -0.2) is 34.9 Å². The first-order chi connectivity index (χ1) is 5.79. The van der Waals surface area contributed by atoms with E-state index in [4.69, 9.17) is 5.11 Å². The van der Waals surface area contributed by atoms with Crippen molar-refractivity contribution >= 4 is 12.2 Å². The fourth-order valence-corrected chi connectivity index (χ4v) is 1.19. The van der Waals surface area contributed by atoms with Gasteiger partial charge in [0, 0.05) is 6.21 Å². The average molecular weight is 168 g/mol. The largest absolute Gasteiger partial charge is 0.479 e.